The maximum atomic E-state index is 9.16. The number of H-pyrrole nitrogens is 1. The number of aryl methyl sites for hydroxylation is 1. The van der Waals surface area contributed by atoms with Crippen LogP contribution in [0.2, 0.25) is 0 Å². The first kappa shape index (κ1) is 9.92. The first-order valence-corrected chi connectivity index (χ1v) is 4.94. The maximum absolute atomic E-state index is 9.16. The van der Waals surface area contributed by atoms with Gasteiger partial charge in [-0.25, -0.2) is 9.97 Å². The third-order valence-corrected chi connectivity index (χ3v) is 2.22. The molecule has 0 aromatic carbocycles. The van der Waals surface area contributed by atoms with Crippen molar-refractivity contribution in [2.75, 3.05) is 5.73 Å². The van der Waals surface area contributed by atoms with Gasteiger partial charge in [0, 0.05) is 6.42 Å². The van der Waals surface area contributed by atoms with E-state index >= 15 is 0 Å². The van der Waals surface area contributed by atoms with Gasteiger partial charge in [-0.3, -0.25) is 0 Å². The molecule has 1 unspecified atom stereocenters. The standard InChI is InChI=1S/C10H14N4O/c1-6(15)2-5-9-12-7-3-4-8(11)13-10(7)14-9/h3-4,6,15H,2,5H2,1H3,(H3,11,12,13,14). The zero-order chi connectivity index (χ0) is 10.8. The molecule has 4 N–H and O–H groups in total. The summed E-state index contributed by atoms with van der Waals surface area (Å²) in [5.41, 5.74) is 7.06. The number of nitrogens with zero attached hydrogens (tertiary/aromatic N) is 2. The number of nitrogen functional groups attached to an aromatic ring is 1. The monoisotopic (exact) mass is 206 g/mol. The first-order chi connectivity index (χ1) is 7.15. The van der Waals surface area contributed by atoms with Crippen LogP contribution in [0.1, 0.15) is 19.2 Å². The third kappa shape index (κ3) is 2.24. The van der Waals surface area contributed by atoms with Crippen molar-refractivity contribution in [3.8, 4) is 0 Å². The number of fused-ring (bicyclic) bond motifs is 1. The van der Waals surface area contributed by atoms with E-state index < -0.39 is 0 Å². The molecule has 2 aromatic heterocycles. The molecule has 15 heavy (non-hydrogen) atoms. The van der Waals surface area contributed by atoms with Crippen LogP contribution in [0.15, 0.2) is 12.1 Å². The summed E-state index contributed by atoms with van der Waals surface area (Å²) in [4.78, 5) is 11.5. The minimum absolute atomic E-state index is 0.309. The van der Waals surface area contributed by atoms with E-state index in [0.717, 1.165) is 11.3 Å². The molecule has 1 atom stereocenters. The topological polar surface area (TPSA) is 87.8 Å². The fraction of sp³-hybridized carbons (Fsp3) is 0.400. The smallest absolute Gasteiger partial charge is 0.179 e. The number of imidazole rings is 1. The molecule has 5 nitrogen and oxygen atoms in total. The number of aromatic amines is 1. The second-order valence-corrected chi connectivity index (χ2v) is 3.68. The van der Waals surface area contributed by atoms with Crippen LogP contribution in [0.4, 0.5) is 5.82 Å². The van der Waals surface area contributed by atoms with E-state index in [0.29, 0.717) is 24.3 Å². The van der Waals surface area contributed by atoms with Crippen LogP contribution in [-0.2, 0) is 6.42 Å². The number of pyridine rings is 1. The molecule has 0 fully saturated rings. The first-order valence-electron chi connectivity index (χ1n) is 4.94. The lowest BCUT2D eigenvalue weighted by Gasteiger charge is -1.99. The van der Waals surface area contributed by atoms with Crippen LogP contribution >= 0.6 is 0 Å². The van der Waals surface area contributed by atoms with Gasteiger partial charge in [0.05, 0.1) is 11.6 Å². The average molecular weight is 206 g/mol. The van der Waals surface area contributed by atoms with Crippen molar-refractivity contribution in [2.24, 2.45) is 0 Å². The summed E-state index contributed by atoms with van der Waals surface area (Å²) in [5, 5.41) is 9.16. The molecular weight excluding hydrogens is 192 g/mol. The minimum Gasteiger partial charge on any atom is -0.393 e. The summed E-state index contributed by atoms with van der Waals surface area (Å²) in [6.07, 6.45) is 1.10. The van der Waals surface area contributed by atoms with Crippen LogP contribution in [0, 0.1) is 0 Å². The van der Waals surface area contributed by atoms with Gasteiger partial charge >= 0.3 is 0 Å². The Labute approximate surface area is 87.4 Å². The normalized spacial score (nSPS) is 13.2. The lowest BCUT2D eigenvalue weighted by molar-refractivity contribution is 0.184. The fourth-order valence-corrected chi connectivity index (χ4v) is 1.42. The van der Waals surface area contributed by atoms with Gasteiger partial charge in [0.1, 0.15) is 11.6 Å². The van der Waals surface area contributed by atoms with Crippen LogP contribution in [0.25, 0.3) is 11.2 Å². The van der Waals surface area contributed by atoms with E-state index in [4.69, 9.17) is 10.8 Å². The van der Waals surface area contributed by atoms with Crippen LogP contribution in [-0.4, -0.2) is 26.2 Å². The van der Waals surface area contributed by atoms with E-state index in [1.807, 2.05) is 6.07 Å². The molecule has 0 aliphatic carbocycles. The Hall–Kier alpha value is -1.62. The molecule has 0 saturated heterocycles. The molecule has 0 bridgehead atoms. The number of anilines is 1. The van der Waals surface area contributed by atoms with Gasteiger partial charge in [0.25, 0.3) is 0 Å². The molecule has 2 heterocycles. The van der Waals surface area contributed by atoms with E-state index in [9.17, 15) is 0 Å². The number of hydrogen-bond acceptors (Lipinski definition) is 4. The highest BCUT2D eigenvalue weighted by Crippen LogP contribution is 2.12. The van der Waals surface area contributed by atoms with Gasteiger partial charge in [-0.05, 0) is 25.5 Å². The Bertz CT molecular complexity index is 463. The van der Waals surface area contributed by atoms with Gasteiger partial charge < -0.3 is 15.8 Å². The average Bonchev–Trinajstić information content (AvgIpc) is 2.56. The SMILES string of the molecule is CC(O)CCc1nc2nc(N)ccc2[nH]1. The number of nitrogens with two attached hydrogens (primary N) is 1. The number of hydrogen-bond donors (Lipinski definition) is 3. The van der Waals surface area contributed by atoms with Gasteiger partial charge in [-0.1, -0.05) is 0 Å². The van der Waals surface area contributed by atoms with Gasteiger partial charge in [0.15, 0.2) is 5.65 Å². The summed E-state index contributed by atoms with van der Waals surface area (Å²) in [6.45, 7) is 1.76. The molecule has 0 aliphatic rings. The van der Waals surface area contributed by atoms with Crippen molar-refractivity contribution < 1.29 is 5.11 Å². The lowest BCUT2D eigenvalue weighted by Crippen LogP contribution is -2.02. The predicted molar refractivity (Wildman–Crippen MR) is 58.3 cm³/mol. The zero-order valence-electron chi connectivity index (χ0n) is 8.57. The zero-order valence-corrected chi connectivity index (χ0v) is 8.57. The fourth-order valence-electron chi connectivity index (χ4n) is 1.42. The molecule has 0 radical (unpaired) electrons. The Morgan fingerprint density at radius 1 is 1.47 bits per heavy atom. The van der Waals surface area contributed by atoms with E-state index in [2.05, 4.69) is 15.0 Å². The maximum Gasteiger partial charge on any atom is 0.179 e. The summed E-state index contributed by atoms with van der Waals surface area (Å²) in [7, 11) is 0. The second-order valence-electron chi connectivity index (χ2n) is 3.68. The van der Waals surface area contributed by atoms with E-state index in [-0.39, 0.29) is 6.10 Å². The van der Waals surface area contributed by atoms with Crippen molar-refractivity contribution in [3.63, 3.8) is 0 Å². The second kappa shape index (κ2) is 3.86. The van der Waals surface area contributed by atoms with Gasteiger partial charge in [0.2, 0.25) is 0 Å². The van der Waals surface area contributed by atoms with Gasteiger partial charge in [-0.2, -0.15) is 0 Å². The van der Waals surface area contributed by atoms with Crippen molar-refractivity contribution >= 4 is 17.0 Å². The quantitative estimate of drug-likeness (QED) is 0.694. The highest BCUT2D eigenvalue weighted by molar-refractivity contribution is 5.72. The Morgan fingerprint density at radius 3 is 3.00 bits per heavy atom. The van der Waals surface area contributed by atoms with E-state index in [1.165, 1.54) is 0 Å². The molecule has 2 rings (SSSR count). The molecule has 80 valence electrons. The molecule has 0 aliphatic heterocycles. The van der Waals surface area contributed by atoms with Crippen molar-refractivity contribution in [1.82, 2.24) is 15.0 Å². The largest absolute Gasteiger partial charge is 0.393 e. The van der Waals surface area contributed by atoms with Crippen LogP contribution < -0.4 is 5.73 Å². The Balaban J connectivity index is 2.23. The molecular formula is C10H14N4O. The number of aliphatic hydroxyl groups is 1. The van der Waals surface area contributed by atoms with Crippen molar-refractivity contribution in [3.05, 3.63) is 18.0 Å². The van der Waals surface area contributed by atoms with Crippen LogP contribution in [0.5, 0.6) is 0 Å². The minimum atomic E-state index is -0.309. The molecule has 5 heteroatoms. The summed E-state index contributed by atoms with van der Waals surface area (Å²) in [6, 6.07) is 3.59. The summed E-state index contributed by atoms with van der Waals surface area (Å²) < 4.78 is 0. The van der Waals surface area contributed by atoms with Crippen molar-refractivity contribution in [2.45, 2.75) is 25.9 Å². The number of aromatic nitrogens is 3. The van der Waals surface area contributed by atoms with E-state index in [1.54, 1.807) is 13.0 Å². The highest BCUT2D eigenvalue weighted by atomic mass is 16.3. The molecule has 0 saturated carbocycles. The molecule has 0 spiro atoms. The number of aliphatic hydroxyl groups excluding tert-OH is 1. The Morgan fingerprint density at radius 2 is 2.27 bits per heavy atom. The highest BCUT2D eigenvalue weighted by Gasteiger charge is 2.05. The lowest BCUT2D eigenvalue weighted by atomic mass is 10.2. The predicted octanol–water partition coefficient (Wildman–Crippen LogP) is 0.854. The third-order valence-electron chi connectivity index (χ3n) is 2.22. The van der Waals surface area contributed by atoms with Crippen molar-refractivity contribution in [1.29, 1.82) is 0 Å². The van der Waals surface area contributed by atoms with Gasteiger partial charge in [-0.15, -0.1) is 0 Å². The molecule has 0 amide bonds. The summed E-state index contributed by atoms with van der Waals surface area (Å²) in [5.74, 6) is 1.31. The van der Waals surface area contributed by atoms with Crippen LogP contribution in [0.3, 0.4) is 0 Å². The summed E-state index contributed by atoms with van der Waals surface area (Å²) >= 11 is 0. The number of nitrogens with one attached hydrogen (secondary N) is 1. The Kier molecular flexibility index (Phi) is 2.55. The molecule has 2 aromatic rings. The number of rotatable bonds is 3.